The molecule has 0 bridgehead atoms. The van der Waals surface area contributed by atoms with Crippen LogP contribution >= 0.6 is 0 Å². The van der Waals surface area contributed by atoms with Crippen molar-refractivity contribution in [2.75, 3.05) is 0 Å². The van der Waals surface area contributed by atoms with Crippen LogP contribution in [0.1, 0.15) is 18.7 Å². The largest absolute Gasteiger partial charge is 0.386 e. The second-order valence-electron chi connectivity index (χ2n) is 2.63. The predicted octanol–water partition coefficient (Wildman–Crippen LogP) is 0.503. The molecule has 0 fully saturated rings. The van der Waals surface area contributed by atoms with Gasteiger partial charge >= 0.3 is 0 Å². The van der Waals surface area contributed by atoms with Gasteiger partial charge in [-0.3, -0.25) is 4.98 Å². The van der Waals surface area contributed by atoms with E-state index in [0.717, 1.165) is 0 Å². The molecule has 62 valence electrons. The second kappa shape index (κ2) is 2.69. The Balaban J connectivity index is 2.61. The Bertz CT molecular complexity index is 362. The Morgan fingerprint density at radius 3 is 3.17 bits per heavy atom. The van der Waals surface area contributed by atoms with Crippen LogP contribution in [0, 0.1) is 0 Å². The number of rotatable bonds is 0. The quantitative estimate of drug-likeness (QED) is 0.587. The molecule has 0 spiro atoms. The van der Waals surface area contributed by atoms with Crippen molar-refractivity contribution in [2.24, 2.45) is 0 Å². The zero-order valence-electron chi connectivity index (χ0n) is 7.31. The van der Waals surface area contributed by atoms with Gasteiger partial charge in [0, 0.05) is 11.8 Å². The molecule has 0 saturated heterocycles. The lowest BCUT2D eigenvalue weighted by Crippen LogP contribution is -2.19. The number of aliphatic hydroxyl groups excluding tert-OH is 1. The number of aliphatic hydroxyl groups is 2. The Hall–Kier alpha value is -1.19. The fourth-order valence-electron chi connectivity index (χ4n) is 1.20. The van der Waals surface area contributed by atoms with E-state index >= 15 is 0 Å². The van der Waals surface area contributed by atoms with Crippen LogP contribution in [0.15, 0.2) is 24.4 Å². The highest BCUT2D eigenvalue weighted by Gasteiger charge is 2.21. The Morgan fingerprint density at radius 1 is 1.50 bits per heavy atom. The Morgan fingerprint density at radius 2 is 2.33 bits per heavy atom. The normalized spacial score (nSPS) is 34.2. The Kier molecular flexibility index (Phi) is 1.42. The molecule has 1 aliphatic rings. The molecule has 2 N–H and O–H groups in total. The van der Waals surface area contributed by atoms with Crippen molar-refractivity contribution >= 4 is 6.08 Å². The van der Waals surface area contributed by atoms with E-state index in [-0.39, 0.29) is 0 Å². The minimum Gasteiger partial charge on any atom is -0.386 e. The molecule has 1 aromatic heterocycles. The van der Waals surface area contributed by atoms with E-state index in [9.17, 15) is 10.2 Å². The second-order valence-corrected chi connectivity index (χ2v) is 2.63. The number of hydrogen-bond acceptors (Lipinski definition) is 3. The summed E-state index contributed by atoms with van der Waals surface area (Å²) in [5.41, 5.74) is 0.871. The summed E-state index contributed by atoms with van der Waals surface area (Å²) < 4.78 is 7.53. The minimum absolute atomic E-state index is 0.338. The molecule has 1 heterocycles. The van der Waals surface area contributed by atoms with Gasteiger partial charge < -0.3 is 10.2 Å². The fourth-order valence-corrected chi connectivity index (χ4v) is 1.20. The van der Waals surface area contributed by atoms with Gasteiger partial charge in [0.15, 0.2) is 0 Å². The molecule has 3 nitrogen and oxygen atoms in total. The lowest BCUT2D eigenvalue weighted by atomic mass is 9.97. The minimum atomic E-state index is -1.97. The van der Waals surface area contributed by atoms with E-state index in [1.807, 2.05) is 0 Å². The zero-order valence-corrected chi connectivity index (χ0v) is 6.31. The summed E-state index contributed by atoms with van der Waals surface area (Å²) in [6.07, 6.45) is 1.38. The first-order chi connectivity index (χ1) is 6.12. The third kappa shape index (κ3) is 1.03. The molecule has 0 aromatic carbocycles. The van der Waals surface area contributed by atoms with E-state index in [1.165, 1.54) is 6.08 Å². The molecule has 0 radical (unpaired) electrons. The van der Waals surface area contributed by atoms with Crippen molar-refractivity contribution in [1.82, 2.24) is 4.98 Å². The summed E-state index contributed by atoms with van der Waals surface area (Å²) in [6.45, 7) is 0. The molecule has 2 atom stereocenters. The van der Waals surface area contributed by atoms with Gasteiger partial charge in [-0.05, 0) is 12.1 Å². The predicted molar refractivity (Wildman–Crippen MR) is 44.2 cm³/mol. The Labute approximate surface area is 71.4 Å². The van der Waals surface area contributed by atoms with Crippen LogP contribution in [0.5, 0.6) is 0 Å². The maximum absolute atomic E-state index is 9.62. The van der Waals surface area contributed by atoms with Gasteiger partial charge in [0.05, 0.1) is 7.06 Å². The van der Waals surface area contributed by atoms with Gasteiger partial charge in [0.25, 0.3) is 0 Å². The van der Waals surface area contributed by atoms with Crippen LogP contribution in [0.25, 0.3) is 6.08 Å². The van der Waals surface area contributed by atoms with Crippen molar-refractivity contribution in [3.8, 4) is 0 Å². The summed E-state index contributed by atoms with van der Waals surface area (Å²) in [7, 11) is 0. The van der Waals surface area contributed by atoms with E-state index in [4.69, 9.17) is 1.37 Å². The molecule has 0 aliphatic heterocycles. The summed E-state index contributed by atoms with van der Waals surface area (Å²) in [5.74, 6) is 0. The van der Waals surface area contributed by atoms with Gasteiger partial charge in [-0.15, -0.1) is 0 Å². The van der Waals surface area contributed by atoms with Crippen LogP contribution < -0.4 is 0 Å². The van der Waals surface area contributed by atoms with Crippen LogP contribution in [0.4, 0.5) is 0 Å². The molecule has 3 heteroatoms. The van der Waals surface area contributed by atoms with Crippen molar-refractivity contribution in [1.29, 1.82) is 0 Å². The summed E-state index contributed by atoms with van der Waals surface area (Å²) in [5, 5.41) is 19.0. The summed E-state index contributed by atoms with van der Waals surface area (Å²) in [6, 6.07) is 3.21. The average Bonchev–Trinajstić information content (AvgIpc) is 2.13. The van der Waals surface area contributed by atoms with Crippen LogP contribution in [-0.4, -0.2) is 21.3 Å². The third-order valence-corrected chi connectivity index (χ3v) is 1.83. The molecule has 12 heavy (non-hydrogen) atoms. The van der Waals surface area contributed by atoms with Gasteiger partial charge in [-0.1, -0.05) is 12.1 Å². The van der Waals surface area contributed by atoms with Gasteiger partial charge in [-0.25, -0.2) is 0 Å². The first kappa shape index (κ1) is 6.34. The maximum atomic E-state index is 9.62. The zero-order chi connectivity index (χ0) is 9.47. The first-order valence-electron chi connectivity index (χ1n) is 4.16. The van der Waals surface area contributed by atoms with E-state index in [1.54, 1.807) is 24.4 Å². The highest BCUT2D eigenvalue weighted by molar-refractivity contribution is 5.54. The maximum Gasteiger partial charge on any atom is 0.111 e. The van der Waals surface area contributed by atoms with E-state index in [0.29, 0.717) is 11.3 Å². The molecule has 2 rings (SSSR count). The van der Waals surface area contributed by atoms with Crippen molar-refractivity contribution < 1.29 is 11.6 Å². The smallest absolute Gasteiger partial charge is 0.111 e. The number of aromatic nitrogens is 1. The number of pyridine rings is 1. The van der Waals surface area contributed by atoms with Crippen LogP contribution in [0.3, 0.4) is 0 Å². The van der Waals surface area contributed by atoms with Crippen molar-refractivity contribution in [3.05, 3.63) is 35.7 Å². The van der Waals surface area contributed by atoms with Crippen LogP contribution in [-0.2, 0) is 0 Å². The first-order valence-corrected chi connectivity index (χ1v) is 3.66. The average molecular weight is 164 g/mol. The molecular formula is C9H9NO2. The monoisotopic (exact) mass is 164 g/mol. The molecular weight excluding hydrogens is 154 g/mol. The summed E-state index contributed by atoms with van der Waals surface area (Å²) in [4.78, 5) is 3.97. The van der Waals surface area contributed by atoms with Gasteiger partial charge in [-0.2, -0.15) is 0 Å². The molecule has 0 amide bonds. The molecule has 1 aliphatic carbocycles. The number of nitrogens with zero attached hydrogens (tertiary/aromatic N) is 1. The van der Waals surface area contributed by atoms with Crippen molar-refractivity contribution in [3.63, 3.8) is 0 Å². The van der Waals surface area contributed by atoms with Gasteiger partial charge in [0.1, 0.15) is 12.2 Å². The molecule has 1 aromatic rings. The molecule has 0 unspecified atom stereocenters. The van der Waals surface area contributed by atoms with E-state index in [2.05, 4.69) is 4.98 Å². The number of hydrogen-bond donors (Lipinski definition) is 2. The number of fused-ring (bicyclic) bond motifs is 1. The molecule has 0 saturated carbocycles. The highest BCUT2D eigenvalue weighted by Crippen LogP contribution is 2.25. The van der Waals surface area contributed by atoms with Gasteiger partial charge in [0.2, 0.25) is 0 Å². The standard InChI is InChI=1S/C9H9NO2/c11-8-4-3-7-6(9(8)12)2-1-5-10-7/h1-5,8-9,11-12H/t8-,9+/m1/s1/i9D. The fraction of sp³-hybridized carbons (Fsp3) is 0.222. The summed E-state index contributed by atoms with van der Waals surface area (Å²) >= 11 is 0. The van der Waals surface area contributed by atoms with E-state index < -0.39 is 12.2 Å². The van der Waals surface area contributed by atoms with Crippen molar-refractivity contribution in [2.45, 2.75) is 12.2 Å². The van der Waals surface area contributed by atoms with Crippen LogP contribution in [0.2, 0.25) is 0 Å². The topological polar surface area (TPSA) is 53.4 Å². The lowest BCUT2D eigenvalue weighted by molar-refractivity contribution is 0.0467. The lowest BCUT2D eigenvalue weighted by Gasteiger charge is -2.20. The SMILES string of the molecule is [2H][C@]1(O)c2cccnc2C=C[C@H]1O. The highest BCUT2D eigenvalue weighted by atomic mass is 16.3. The third-order valence-electron chi connectivity index (χ3n) is 1.83.